The number of amides is 2. The monoisotopic (exact) mass is 252 g/mol. The van der Waals surface area contributed by atoms with Gasteiger partial charge in [0, 0.05) is 6.04 Å². The van der Waals surface area contributed by atoms with Crippen LogP contribution < -0.4 is 10.6 Å². The molecule has 0 saturated heterocycles. The van der Waals surface area contributed by atoms with Gasteiger partial charge in [0.15, 0.2) is 0 Å². The SMILES string of the molecule is CC1CC(NC(=O)NCc2ccc(C(=O)O)o2)C1. The van der Waals surface area contributed by atoms with Crippen molar-refractivity contribution in [3.63, 3.8) is 0 Å². The lowest BCUT2D eigenvalue weighted by molar-refractivity contribution is 0.0660. The molecule has 0 aliphatic heterocycles. The molecule has 2 amide bonds. The number of furan rings is 1. The first-order chi connectivity index (χ1) is 8.54. The molecule has 0 aromatic carbocycles. The maximum Gasteiger partial charge on any atom is 0.371 e. The second-order valence-corrected chi connectivity index (χ2v) is 4.67. The van der Waals surface area contributed by atoms with Gasteiger partial charge in [-0.2, -0.15) is 0 Å². The number of hydrogen-bond donors (Lipinski definition) is 3. The molecule has 0 spiro atoms. The van der Waals surface area contributed by atoms with Crippen molar-refractivity contribution in [2.24, 2.45) is 5.92 Å². The first kappa shape index (κ1) is 12.5. The highest BCUT2D eigenvalue weighted by atomic mass is 16.4. The minimum absolute atomic E-state index is 0.125. The van der Waals surface area contributed by atoms with Crippen molar-refractivity contribution in [2.45, 2.75) is 32.4 Å². The molecule has 0 unspecified atom stereocenters. The minimum Gasteiger partial charge on any atom is -0.475 e. The average Bonchev–Trinajstić information content (AvgIpc) is 2.73. The highest BCUT2D eigenvalue weighted by Crippen LogP contribution is 2.25. The van der Waals surface area contributed by atoms with Crippen LogP contribution in [-0.2, 0) is 6.54 Å². The summed E-state index contributed by atoms with van der Waals surface area (Å²) in [5, 5.41) is 14.1. The smallest absolute Gasteiger partial charge is 0.371 e. The van der Waals surface area contributed by atoms with Crippen LogP contribution in [0, 0.1) is 5.92 Å². The van der Waals surface area contributed by atoms with Crippen molar-refractivity contribution >= 4 is 12.0 Å². The van der Waals surface area contributed by atoms with E-state index in [1.54, 1.807) is 0 Å². The van der Waals surface area contributed by atoms with E-state index in [1.165, 1.54) is 12.1 Å². The lowest BCUT2D eigenvalue weighted by Crippen LogP contribution is -2.47. The van der Waals surface area contributed by atoms with E-state index in [0.29, 0.717) is 11.7 Å². The Morgan fingerprint density at radius 3 is 2.72 bits per heavy atom. The van der Waals surface area contributed by atoms with E-state index in [4.69, 9.17) is 9.52 Å². The summed E-state index contributed by atoms with van der Waals surface area (Å²) in [4.78, 5) is 22.1. The third-order valence-electron chi connectivity index (χ3n) is 3.00. The topological polar surface area (TPSA) is 91.6 Å². The van der Waals surface area contributed by atoms with Crippen LogP contribution >= 0.6 is 0 Å². The predicted octanol–water partition coefficient (Wildman–Crippen LogP) is 1.58. The second-order valence-electron chi connectivity index (χ2n) is 4.67. The van der Waals surface area contributed by atoms with Crippen LogP contribution in [0.2, 0.25) is 0 Å². The Bertz CT molecular complexity index is 449. The molecule has 6 heteroatoms. The van der Waals surface area contributed by atoms with Crippen LogP contribution in [0.15, 0.2) is 16.5 Å². The lowest BCUT2D eigenvalue weighted by Gasteiger charge is -2.33. The fourth-order valence-corrected chi connectivity index (χ4v) is 2.01. The zero-order chi connectivity index (χ0) is 13.1. The summed E-state index contributed by atoms with van der Waals surface area (Å²) < 4.78 is 5.02. The molecule has 98 valence electrons. The average molecular weight is 252 g/mol. The first-order valence-corrected chi connectivity index (χ1v) is 5.91. The number of carboxylic acids is 1. The van der Waals surface area contributed by atoms with Crippen LogP contribution in [0.5, 0.6) is 0 Å². The zero-order valence-corrected chi connectivity index (χ0v) is 10.1. The third kappa shape index (κ3) is 3.03. The second kappa shape index (κ2) is 5.12. The molecular formula is C12H16N2O4. The van der Waals surface area contributed by atoms with Crippen molar-refractivity contribution in [2.75, 3.05) is 0 Å². The summed E-state index contributed by atoms with van der Waals surface area (Å²) in [7, 11) is 0. The number of rotatable bonds is 4. The molecule has 2 rings (SSSR count). The molecule has 6 nitrogen and oxygen atoms in total. The number of hydrogen-bond acceptors (Lipinski definition) is 3. The van der Waals surface area contributed by atoms with Crippen molar-refractivity contribution in [1.29, 1.82) is 0 Å². The molecule has 1 saturated carbocycles. The predicted molar refractivity (Wildman–Crippen MR) is 63.2 cm³/mol. The summed E-state index contributed by atoms with van der Waals surface area (Å²) in [6.45, 7) is 2.33. The highest BCUT2D eigenvalue weighted by molar-refractivity contribution is 5.84. The number of urea groups is 1. The summed E-state index contributed by atoms with van der Waals surface area (Å²) in [5.41, 5.74) is 0. The van der Waals surface area contributed by atoms with E-state index >= 15 is 0 Å². The lowest BCUT2D eigenvalue weighted by atomic mass is 9.82. The van der Waals surface area contributed by atoms with Gasteiger partial charge in [0.25, 0.3) is 0 Å². The van der Waals surface area contributed by atoms with E-state index in [9.17, 15) is 9.59 Å². The Morgan fingerprint density at radius 1 is 1.44 bits per heavy atom. The van der Waals surface area contributed by atoms with E-state index in [-0.39, 0.29) is 24.4 Å². The van der Waals surface area contributed by atoms with Gasteiger partial charge < -0.3 is 20.2 Å². The number of carboxylic acid groups (broad SMARTS) is 1. The van der Waals surface area contributed by atoms with Gasteiger partial charge in [0.2, 0.25) is 5.76 Å². The molecular weight excluding hydrogens is 236 g/mol. The Hall–Kier alpha value is -1.98. The number of carbonyl (C=O) groups excluding carboxylic acids is 1. The van der Waals surface area contributed by atoms with Gasteiger partial charge in [-0.1, -0.05) is 6.92 Å². The Balaban J connectivity index is 1.73. The van der Waals surface area contributed by atoms with E-state index < -0.39 is 5.97 Å². The summed E-state index contributed by atoms with van der Waals surface area (Å²) in [5.74, 6) is -0.141. The Labute approximate surface area is 104 Å². The van der Waals surface area contributed by atoms with Gasteiger partial charge in [0.1, 0.15) is 5.76 Å². The number of aromatic carboxylic acids is 1. The van der Waals surface area contributed by atoms with Gasteiger partial charge in [-0.3, -0.25) is 0 Å². The molecule has 0 bridgehead atoms. The molecule has 18 heavy (non-hydrogen) atoms. The molecule has 1 aliphatic carbocycles. The van der Waals surface area contributed by atoms with Crippen LogP contribution in [0.4, 0.5) is 4.79 Å². The molecule has 1 fully saturated rings. The van der Waals surface area contributed by atoms with Gasteiger partial charge in [-0.25, -0.2) is 9.59 Å². The van der Waals surface area contributed by atoms with Crippen molar-refractivity contribution in [3.8, 4) is 0 Å². The van der Waals surface area contributed by atoms with Gasteiger partial charge in [0.05, 0.1) is 6.54 Å². The molecule has 1 aromatic heterocycles. The van der Waals surface area contributed by atoms with Crippen molar-refractivity contribution < 1.29 is 19.1 Å². The summed E-state index contributed by atoms with van der Waals surface area (Å²) >= 11 is 0. The van der Waals surface area contributed by atoms with E-state index in [1.807, 2.05) is 0 Å². The molecule has 1 heterocycles. The van der Waals surface area contributed by atoms with Gasteiger partial charge in [-0.15, -0.1) is 0 Å². The fourth-order valence-electron chi connectivity index (χ4n) is 2.01. The maximum atomic E-state index is 11.5. The van der Waals surface area contributed by atoms with E-state index in [0.717, 1.165) is 12.8 Å². The van der Waals surface area contributed by atoms with Gasteiger partial charge in [-0.05, 0) is 30.9 Å². The molecule has 0 radical (unpaired) electrons. The number of nitrogens with one attached hydrogen (secondary N) is 2. The molecule has 0 atom stereocenters. The standard InChI is InChI=1S/C12H16N2O4/c1-7-4-8(5-7)14-12(17)13-6-9-2-3-10(18-9)11(15)16/h2-3,7-8H,4-6H2,1H3,(H,15,16)(H2,13,14,17). The fraction of sp³-hybridized carbons (Fsp3) is 0.500. The van der Waals surface area contributed by atoms with Crippen molar-refractivity contribution in [3.05, 3.63) is 23.7 Å². The first-order valence-electron chi connectivity index (χ1n) is 5.91. The molecule has 3 N–H and O–H groups in total. The molecule has 1 aromatic rings. The Morgan fingerprint density at radius 2 is 2.17 bits per heavy atom. The highest BCUT2D eigenvalue weighted by Gasteiger charge is 2.26. The van der Waals surface area contributed by atoms with Gasteiger partial charge >= 0.3 is 12.0 Å². The van der Waals surface area contributed by atoms with Crippen LogP contribution in [0.3, 0.4) is 0 Å². The molecule has 1 aliphatic rings. The maximum absolute atomic E-state index is 11.5. The quantitative estimate of drug-likeness (QED) is 0.758. The Kier molecular flexibility index (Phi) is 3.55. The van der Waals surface area contributed by atoms with Crippen LogP contribution in [0.25, 0.3) is 0 Å². The van der Waals surface area contributed by atoms with Crippen molar-refractivity contribution in [1.82, 2.24) is 10.6 Å². The third-order valence-corrected chi connectivity index (χ3v) is 3.00. The number of carbonyl (C=O) groups is 2. The van der Waals surface area contributed by atoms with Crippen LogP contribution in [0.1, 0.15) is 36.1 Å². The largest absolute Gasteiger partial charge is 0.475 e. The van der Waals surface area contributed by atoms with Crippen LogP contribution in [-0.4, -0.2) is 23.1 Å². The zero-order valence-electron chi connectivity index (χ0n) is 10.1. The summed E-state index contributed by atoms with van der Waals surface area (Å²) in [6.07, 6.45) is 2.02. The normalized spacial score (nSPS) is 22.1. The summed E-state index contributed by atoms with van der Waals surface area (Å²) in [6, 6.07) is 2.91. The van der Waals surface area contributed by atoms with E-state index in [2.05, 4.69) is 17.6 Å². The minimum atomic E-state index is -1.12.